The molecule has 6 nitrogen and oxygen atoms in total. The molecule has 2 saturated heterocycles. The van der Waals surface area contributed by atoms with Crippen LogP contribution in [-0.2, 0) is 16.4 Å². The Morgan fingerprint density at radius 2 is 2.24 bits per heavy atom. The van der Waals surface area contributed by atoms with E-state index in [1.807, 2.05) is 6.92 Å². The van der Waals surface area contributed by atoms with Crippen molar-refractivity contribution < 1.29 is 8.42 Å². The van der Waals surface area contributed by atoms with Gasteiger partial charge in [-0.2, -0.15) is 4.31 Å². The second-order valence-electron chi connectivity index (χ2n) is 5.98. The van der Waals surface area contributed by atoms with E-state index >= 15 is 0 Å². The molecule has 2 fully saturated rings. The van der Waals surface area contributed by atoms with Crippen molar-refractivity contribution in [3.63, 3.8) is 0 Å². The van der Waals surface area contributed by atoms with Crippen LogP contribution in [0.15, 0.2) is 11.2 Å². The van der Waals surface area contributed by atoms with Crippen molar-refractivity contribution in [2.75, 3.05) is 19.6 Å². The van der Waals surface area contributed by atoms with Crippen LogP contribution in [0.1, 0.15) is 38.4 Å². The summed E-state index contributed by atoms with van der Waals surface area (Å²) in [5, 5.41) is 3.64. The van der Waals surface area contributed by atoms with E-state index in [4.69, 9.17) is 0 Å². The third-order valence-electron chi connectivity index (χ3n) is 4.65. The molecular formula is C14H24N4O2S. The fourth-order valence-electron chi connectivity index (χ4n) is 3.52. The lowest BCUT2D eigenvalue weighted by molar-refractivity contribution is 0.238. The zero-order valence-corrected chi connectivity index (χ0v) is 13.3. The highest BCUT2D eigenvalue weighted by Gasteiger charge is 2.40. The Balaban J connectivity index is 1.82. The van der Waals surface area contributed by atoms with Crippen LogP contribution >= 0.6 is 0 Å². The molecule has 2 N–H and O–H groups in total. The number of aromatic amines is 1. The largest absolute Gasteiger partial charge is 0.332 e. The number of nitrogens with one attached hydrogen (secondary N) is 2. The first-order chi connectivity index (χ1) is 10.1. The molecule has 2 atom stereocenters. The molecule has 1 aromatic rings. The number of aryl methyl sites for hydroxylation is 1. The van der Waals surface area contributed by atoms with Crippen LogP contribution in [0.4, 0.5) is 0 Å². The molecule has 1 aromatic heterocycles. The van der Waals surface area contributed by atoms with E-state index in [1.54, 1.807) is 4.31 Å². The maximum Gasteiger partial charge on any atom is 0.260 e. The van der Waals surface area contributed by atoms with Gasteiger partial charge < -0.3 is 10.3 Å². The highest BCUT2D eigenvalue weighted by atomic mass is 32.2. The van der Waals surface area contributed by atoms with Crippen LogP contribution in [0.3, 0.4) is 0 Å². The van der Waals surface area contributed by atoms with Gasteiger partial charge in [-0.05, 0) is 44.7 Å². The Hall–Kier alpha value is -0.920. The number of imidazole rings is 1. The summed E-state index contributed by atoms with van der Waals surface area (Å²) >= 11 is 0. The van der Waals surface area contributed by atoms with Gasteiger partial charge in [0.25, 0.3) is 10.0 Å². The molecule has 0 spiro atoms. The fraction of sp³-hybridized carbons (Fsp3) is 0.786. The number of rotatable bonds is 4. The molecule has 2 aliphatic rings. The summed E-state index contributed by atoms with van der Waals surface area (Å²) in [6.45, 7) is 4.57. The molecule has 0 aliphatic carbocycles. The summed E-state index contributed by atoms with van der Waals surface area (Å²) in [7, 11) is -3.44. The van der Waals surface area contributed by atoms with E-state index in [0.29, 0.717) is 18.9 Å². The summed E-state index contributed by atoms with van der Waals surface area (Å²) in [5.74, 6) is 1.16. The molecule has 7 heteroatoms. The lowest BCUT2D eigenvalue weighted by atomic mass is 9.91. The molecule has 118 valence electrons. The normalized spacial score (nSPS) is 28.0. The monoisotopic (exact) mass is 312 g/mol. The maximum absolute atomic E-state index is 12.9. The second-order valence-corrected chi connectivity index (χ2v) is 7.84. The Kier molecular flexibility index (Phi) is 4.33. The Labute approximate surface area is 126 Å². The summed E-state index contributed by atoms with van der Waals surface area (Å²) < 4.78 is 27.4. The van der Waals surface area contributed by atoms with Gasteiger partial charge in [0.2, 0.25) is 0 Å². The van der Waals surface area contributed by atoms with Crippen molar-refractivity contribution in [2.45, 2.75) is 50.1 Å². The minimum atomic E-state index is -3.44. The number of hydrogen-bond donors (Lipinski definition) is 2. The van der Waals surface area contributed by atoms with Crippen molar-refractivity contribution in [1.29, 1.82) is 0 Å². The SMILES string of the molecule is CCc1ncc(S(=O)(=O)N2CCCC2C2CCCNC2)[nH]1. The Morgan fingerprint density at radius 1 is 1.38 bits per heavy atom. The molecule has 3 heterocycles. The molecule has 0 radical (unpaired) electrons. The Bertz CT molecular complexity index is 578. The van der Waals surface area contributed by atoms with Gasteiger partial charge in [-0.15, -0.1) is 0 Å². The van der Waals surface area contributed by atoms with Gasteiger partial charge in [0.15, 0.2) is 5.03 Å². The van der Waals surface area contributed by atoms with Crippen LogP contribution in [0, 0.1) is 5.92 Å². The Morgan fingerprint density at radius 3 is 2.90 bits per heavy atom. The average molecular weight is 312 g/mol. The predicted octanol–water partition coefficient (Wildman–Crippen LogP) is 1.12. The smallest absolute Gasteiger partial charge is 0.260 e. The standard InChI is InChI=1S/C14H24N4O2S/c1-2-13-16-10-14(17-13)21(19,20)18-8-4-6-12(18)11-5-3-7-15-9-11/h10-12,15H,2-9H2,1H3,(H,16,17). The molecule has 0 saturated carbocycles. The maximum atomic E-state index is 12.9. The number of H-pyrrole nitrogens is 1. The van der Waals surface area contributed by atoms with Gasteiger partial charge in [0.1, 0.15) is 5.82 Å². The average Bonchev–Trinajstić information content (AvgIpc) is 3.17. The molecule has 3 rings (SSSR count). The molecular weight excluding hydrogens is 288 g/mol. The second kappa shape index (κ2) is 6.06. The van der Waals surface area contributed by atoms with Crippen LogP contribution in [0.25, 0.3) is 0 Å². The number of sulfonamides is 1. The first kappa shape index (κ1) is 15.0. The van der Waals surface area contributed by atoms with Crippen LogP contribution < -0.4 is 5.32 Å². The number of hydrogen-bond acceptors (Lipinski definition) is 4. The minimum Gasteiger partial charge on any atom is -0.332 e. The lowest BCUT2D eigenvalue weighted by Crippen LogP contribution is -2.45. The molecule has 0 bridgehead atoms. The topological polar surface area (TPSA) is 78.1 Å². The van der Waals surface area contributed by atoms with E-state index in [0.717, 1.165) is 44.6 Å². The summed E-state index contributed by atoms with van der Waals surface area (Å²) in [6.07, 6.45) is 6.36. The van der Waals surface area contributed by atoms with Gasteiger partial charge in [0.05, 0.1) is 6.20 Å². The van der Waals surface area contributed by atoms with Crippen molar-refractivity contribution >= 4 is 10.0 Å². The molecule has 2 aliphatic heterocycles. The minimum absolute atomic E-state index is 0.135. The summed E-state index contributed by atoms with van der Waals surface area (Å²) in [5.41, 5.74) is 0. The van der Waals surface area contributed by atoms with Gasteiger partial charge in [-0.3, -0.25) is 0 Å². The zero-order valence-electron chi connectivity index (χ0n) is 12.5. The highest BCUT2D eigenvalue weighted by molar-refractivity contribution is 7.89. The van der Waals surface area contributed by atoms with Crippen LogP contribution in [0.5, 0.6) is 0 Å². The van der Waals surface area contributed by atoms with E-state index < -0.39 is 10.0 Å². The third kappa shape index (κ3) is 2.86. The number of piperidine rings is 1. The van der Waals surface area contributed by atoms with Gasteiger partial charge in [0, 0.05) is 19.0 Å². The molecule has 0 aromatic carbocycles. The van der Waals surface area contributed by atoms with E-state index in [-0.39, 0.29) is 11.1 Å². The molecule has 21 heavy (non-hydrogen) atoms. The van der Waals surface area contributed by atoms with Crippen LogP contribution in [-0.4, -0.2) is 48.4 Å². The van der Waals surface area contributed by atoms with E-state index in [1.165, 1.54) is 6.20 Å². The van der Waals surface area contributed by atoms with Crippen molar-refractivity contribution in [2.24, 2.45) is 5.92 Å². The molecule has 0 amide bonds. The van der Waals surface area contributed by atoms with Gasteiger partial charge >= 0.3 is 0 Å². The predicted molar refractivity (Wildman–Crippen MR) is 80.5 cm³/mol. The van der Waals surface area contributed by atoms with Crippen LogP contribution in [0.2, 0.25) is 0 Å². The zero-order chi connectivity index (χ0) is 14.9. The summed E-state index contributed by atoms with van der Waals surface area (Å²) in [6, 6.07) is 0.135. The fourth-order valence-corrected chi connectivity index (χ4v) is 5.21. The quantitative estimate of drug-likeness (QED) is 0.873. The van der Waals surface area contributed by atoms with Crippen molar-refractivity contribution in [1.82, 2.24) is 19.6 Å². The van der Waals surface area contributed by atoms with Crippen molar-refractivity contribution in [3.05, 3.63) is 12.0 Å². The van der Waals surface area contributed by atoms with Gasteiger partial charge in [-0.1, -0.05) is 6.92 Å². The van der Waals surface area contributed by atoms with Gasteiger partial charge in [-0.25, -0.2) is 13.4 Å². The van der Waals surface area contributed by atoms with Crippen molar-refractivity contribution in [3.8, 4) is 0 Å². The first-order valence-corrected chi connectivity index (χ1v) is 9.33. The number of aromatic nitrogens is 2. The molecule has 2 unspecified atom stereocenters. The third-order valence-corrected chi connectivity index (χ3v) is 6.49. The first-order valence-electron chi connectivity index (χ1n) is 7.89. The highest BCUT2D eigenvalue weighted by Crippen LogP contribution is 2.32. The number of nitrogens with zero attached hydrogens (tertiary/aromatic N) is 2. The lowest BCUT2D eigenvalue weighted by Gasteiger charge is -2.33. The van der Waals surface area contributed by atoms with E-state index in [9.17, 15) is 8.42 Å². The summed E-state index contributed by atoms with van der Waals surface area (Å²) in [4.78, 5) is 7.08. The van der Waals surface area contributed by atoms with E-state index in [2.05, 4.69) is 15.3 Å².